The third-order valence-electron chi connectivity index (χ3n) is 6.65. The van der Waals surface area contributed by atoms with Gasteiger partial charge in [-0.25, -0.2) is 4.79 Å². The first-order chi connectivity index (χ1) is 13.4. The standard InChI is InChI=1S/C24H45NO4/c1-17(2)19(13-14-26)16-21-20(15-18-11-9-8-10-12-18)25(24(6,7)28-21)22(27)29-23(3,4)5/h17-21,26H,8-16H2,1-7H3. The molecule has 3 atom stereocenters. The highest BCUT2D eigenvalue weighted by Crippen LogP contribution is 2.42. The maximum Gasteiger partial charge on any atom is 0.412 e. The molecule has 29 heavy (non-hydrogen) atoms. The summed E-state index contributed by atoms with van der Waals surface area (Å²) in [5, 5.41) is 9.53. The van der Waals surface area contributed by atoms with Crippen molar-refractivity contribution in [2.75, 3.05) is 6.61 Å². The molecule has 5 nitrogen and oxygen atoms in total. The molecule has 1 aliphatic carbocycles. The summed E-state index contributed by atoms with van der Waals surface area (Å²) >= 11 is 0. The molecule has 5 heteroatoms. The molecule has 1 aliphatic heterocycles. The number of nitrogens with zero attached hydrogens (tertiary/aromatic N) is 1. The smallest absolute Gasteiger partial charge is 0.412 e. The van der Waals surface area contributed by atoms with Gasteiger partial charge < -0.3 is 14.6 Å². The lowest BCUT2D eigenvalue weighted by atomic mass is 9.80. The molecule has 0 aromatic rings. The molecule has 1 N–H and O–H groups in total. The van der Waals surface area contributed by atoms with Gasteiger partial charge in [0, 0.05) is 6.61 Å². The second kappa shape index (κ2) is 10.00. The summed E-state index contributed by atoms with van der Waals surface area (Å²) < 4.78 is 12.3. The van der Waals surface area contributed by atoms with Gasteiger partial charge in [-0.15, -0.1) is 0 Å². The van der Waals surface area contributed by atoms with Crippen molar-refractivity contribution in [3.8, 4) is 0 Å². The van der Waals surface area contributed by atoms with Crippen LogP contribution in [0.5, 0.6) is 0 Å². The van der Waals surface area contributed by atoms with E-state index in [1.165, 1.54) is 32.1 Å². The van der Waals surface area contributed by atoms with E-state index in [2.05, 4.69) is 13.8 Å². The Morgan fingerprint density at radius 2 is 1.83 bits per heavy atom. The minimum absolute atomic E-state index is 0.0154. The number of hydrogen-bond donors (Lipinski definition) is 1. The van der Waals surface area contributed by atoms with Crippen LogP contribution < -0.4 is 0 Å². The Labute approximate surface area is 178 Å². The minimum Gasteiger partial charge on any atom is -0.444 e. The molecule has 1 amide bonds. The van der Waals surface area contributed by atoms with E-state index in [1.807, 2.05) is 39.5 Å². The molecular weight excluding hydrogens is 366 g/mol. The highest BCUT2D eigenvalue weighted by molar-refractivity contribution is 5.70. The van der Waals surface area contributed by atoms with Crippen LogP contribution in [0.2, 0.25) is 0 Å². The molecule has 0 bridgehead atoms. The summed E-state index contributed by atoms with van der Waals surface area (Å²) in [4.78, 5) is 15.1. The van der Waals surface area contributed by atoms with Crippen LogP contribution in [0.1, 0.15) is 99.8 Å². The quantitative estimate of drug-likeness (QED) is 0.580. The van der Waals surface area contributed by atoms with E-state index >= 15 is 0 Å². The molecule has 0 aromatic heterocycles. The van der Waals surface area contributed by atoms with Crippen molar-refractivity contribution in [2.24, 2.45) is 17.8 Å². The number of carbonyl (C=O) groups is 1. The van der Waals surface area contributed by atoms with E-state index in [1.54, 1.807) is 0 Å². The molecule has 1 saturated carbocycles. The van der Waals surface area contributed by atoms with Gasteiger partial charge in [0.05, 0.1) is 12.1 Å². The largest absolute Gasteiger partial charge is 0.444 e. The zero-order chi connectivity index (χ0) is 21.8. The molecule has 170 valence electrons. The lowest BCUT2D eigenvalue weighted by molar-refractivity contribution is -0.0833. The van der Waals surface area contributed by atoms with Crippen molar-refractivity contribution >= 4 is 6.09 Å². The number of aliphatic hydroxyl groups excluding tert-OH is 1. The van der Waals surface area contributed by atoms with Crippen LogP contribution >= 0.6 is 0 Å². The first-order valence-corrected chi connectivity index (χ1v) is 11.8. The van der Waals surface area contributed by atoms with Crippen LogP contribution in [-0.2, 0) is 9.47 Å². The van der Waals surface area contributed by atoms with Crippen molar-refractivity contribution in [2.45, 2.75) is 123 Å². The van der Waals surface area contributed by atoms with Gasteiger partial charge in [-0.05, 0) is 71.6 Å². The number of amides is 1. The number of ether oxygens (including phenoxy) is 2. The SMILES string of the molecule is CC(C)C(CCO)CC1OC(C)(C)N(C(=O)OC(C)(C)C)C1CC1CCCCC1. The summed E-state index contributed by atoms with van der Waals surface area (Å²) in [6.07, 6.45) is 8.75. The number of aliphatic hydroxyl groups is 1. The Hall–Kier alpha value is -0.810. The van der Waals surface area contributed by atoms with Crippen LogP contribution in [0.4, 0.5) is 4.79 Å². The van der Waals surface area contributed by atoms with Crippen LogP contribution in [0, 0.1) is 17.8 Å². The molecule has 2 fully saturated rings. The van der Waals surface area contributed by atoms with Crippen molar-refractivity contribution in [1.29, 1.82) is 0 Å². The summed E-state index contributed by atoms with van der Waals surface area (Å²) in [5.74, 6) is 1.50. The highest BCUT2D eigenvalue weighted by Gasteiger charge is 2.52. The first kappa shape index (κ1) is 24.5. The third kappa shape index (κ3) is 6.85. The average Bonchev–Trinajstić information content (AvgIpc) is 2.83. The van der Waals surface area contributed by atoms with Crippen molar-refractivity contribution < 1.29 is 19.4 Å². The molecule has 1 heterocycles. The van der Waals surface area contributed by atoms with E-state index in [0.29, 0.717) is 17.8 Å². The zero-order valence-corrected chi connectivity index (χ0v) is 19.9. The van der Waals surface area contributed by atoms with E-state index < -0.39 is 11.3 Å². The minimum atomic E-state index is -0.687. The van der Waals surface area contributed by atoms with Crippen LogP contribution in [0.3, 0.4) is 0 Å². The Kier molecular flexibility index (Phi) is 8.43. The summed E-state index contributed by atoms with van der Waals surface area (Å²) in [7, 11) is 0. The lowest BCUT2D eigenvalue weighted by Crippen LogP contribution is -2.51. The fourth-order valence-electron chi connectivity index (χ4n) is 5.15. The number of carbonyl (C=O) groups excluding carboxylic acids is 1. The van der Waals surface area contributed by atoms with Gasteiger partial charge in [-0.3, -0.25) is 4.90 Å². The average molecular weight is 412 g/mol. The van der Waals surface area contributed by atoms with Crippen LogP contribution in [-0.4, -0.2) is 46.2 Å². The number of hydrogen-bond acceptors (Lipinski definition) is 4. The van der Waals surface area contributed by atoms with Crippen molar-refractivity contribution in [3.05, 3.63) is 0 Å². The van der Waals surface area contributed by atoms with Gasteiger partial charge >= 0.3 is 6.09 Å². The Bertz CT molecular complexity index is 519. The van der Waals surface area contributed by atoms with Gasteiger partial charge in [0.25, 0.3) is 0 Å². The number of rotatable bonds is 7. The van der Waals surface area contributed by atoms with E-state index in [-0.39, 0.29) is 24.8 Å². The normalized spacial score (nSPS) is 26.7. The van der Waals surface area contributed by atoms with Crippen LogP contribution in [0.25, 0.3) is 0 Å². The van der Waals surface area contributed by atoms with E-state index in [9.17, 15) is 9.90 Å². The fraction of sp³-hybridized carbons (Fsp3) is 0.958. The van der Waals surface area contributed by atoms with Gasteiger partial charge in [0.15, 0.2) is 0 Å². The zero-order valence-electron chi connectivity index (χ0n) is 19.9. The molecular formula is C24H45NO4. The van der Waals surface area contributed by atoms with Gasteiger partial charge in [-0.2, -0.15) is 0 Å². The molecule has 2 aliphatic rings. The molecule has 3 unspecified atom stereocenters. The second-order valence-electron chi connectivity index (χ2n) is 11.0. The Morgan fingerprint density at radius 1 is 1.21 bits per heavy atom. The fourth-order valence-corrected chi connectivity index (χ4v) is 5.15. The Morgan fingerprint density at radius 3 is 2.34 bits per heavy atom. The first-order valence-electron chi connectivity index (χ1n) is 11.8. The Balaban J connectivity index is 2.26. The monoisotopic (exact) mass is 411 g/mol. The third-order valence-corrected chi connectivity index (χ3v) is 6.65. The topological polar surface area (TPSA) is 59.0 Å². The summed E-state index contributed by atoms with van der Waals surface area (Å²) in [6, 6.07) is 0.0305. The van der Waals surface area contributed by atoms with Crippen molar-refractivity contribution in [3.63, 3.8) is 0 Å². The predicted octanol–water partition coefficient (Wildman–Crippen LogP) is 5.74. The second-order valence-corrected chi connectivity index (χ2v) is 11.0. The van der Waals surface area contributed by atoms with Crippen molar-refractivity contribution in [1.82, 2.24) is 4.90 Å². The maximum absolute atomic E-state index is 13.2. The van der Waals surface area contributed by atoms with Gasteiger partial charge in [0.1, 0.15) is 11.3 Å². The molecule has 2 rings (SSSR count). The van der Waals surface area contributed by atoms with E-state index in [0.717, 1.165) is 19.3 Å². The molecule has 0 aromatic carbocycles. The van der Waals surface area contributed by atoms with E-state index in [4.69, 9.17) is 9.47 Å². The predicted molar refractivity (Wildman–Crippen MR) is 117 cm³/mol. The van der Waals surface area contributed by atoms with Gasteiger partial charge in [-0.1, -0.05) is 46.0 Å². The molecule has 1 saturated heterocycles. The molecule has 0 spiro atoms. The molecule has 0 radical (unpaired) electrons. The summed E-state index contributed by atoms with van der Waals surface area (Å²) in [6.45, 7) is 14.3. The van der Waals surface area contributed by atoms with Crippen LogP contribution in [0.15, 0.2) is 0 Å². The maximum atomic E-state index is 13.2. The summed E-state index contributed by atoms with van der Waals surface area (Å²) in [5.41, 5.74) is -1.22. The lowest BCUT2D eigenvalue weighted by Gasteiger charge is -2.37. The van der Waals surface area contributed by atoms with Gasteiger partial charge in [0.2, 0.25) is 0 Å². The highest BCUT2D eigenvalue weighted by atomic mass is 16.6.